The molecular formula is C28H27N9O. The largest absolute Gasteiger partial charge is 0.396 e. The number of hydrogen-bond acceptors (Lipinski definition) is 6. The Hall–Kier alpha value is -4.66. The Balaban J connectivity index is 1.58. The first kappa shape index (κ1) is 23.7. The van der Waals surface area contributed by atoms with Crippen LogP contribution in [-0.2, 0) is 13.6 Å². The summed E-state index contributed by atoms with van der Waals surface area (Å²) in [7, 11) is 1.92. The lowest BCUT2D eigenvalue weighted by Crippen LogP contribution is -2.37. The minimum absolute atomic E-state index is 0.201. The molecule has 1 aliphatic rings. The van der Waals surface area contributed by atoms with Gasteiger partial charge < -0.3 is 15.0 Å². The molecule has 1 fully saturated rings. The van der Waals surface area contributed by atoms with Gasteiger partial charge in [-0.1, -0.05) is 59.7 Å². The normalized spacial score (nSPS) is 16.7. The Kier molecular flexibility index (Phi) is 6.25. The summed E-state index contributed by atoms with van der Waals surface area (Å²) in [5, 5.41) is 21.8. The minimum atomic E-state index is 0.201. The molecule has 1 saturated carbocycles. The van der Waals surface area contributed by atoms with Gasteiger partial charge >= 0.3 is 0 Å². The van der Waals surface area contributed by atoms with Crippen molar-refractivity contribution in [3.05, 3.63) is 89.2 Å². The lowest BCUT2D eigenvalue weighted by molar-refractivity contribution is 0.151. The van der Waals surface area contributed by atoms with Crippen LogP contribution in [0.2, 0.25) is 0 Å². The number of aliphatic hydroxyl groups excluding tert-OH is 1. The summed E-state index contributed by atoms with van der Waals surface area (Å²) < 4.78 is 3.79. The van der Waals surface area contributed by atoms with Gasteiger partial charge in [-0.2, -0.15) is 0 Å². The molecule has 6 rings (SSSR count). The molecule has 2 aromatic carbocycles. The van der Waals surface area contributed by atoms with E-state index >= 15 is 0 Å². The summed E-state index contributed by atoms with van der Waals surface area (Å²) in [6.45, 7) is 0.481. The van der Waals surface area contributed by atoms with Gasteiger partial charge in [0.2, 0.25) is 5.82 Å². The molecule has 0 bridgehead atoms. The van der Waals surface area contributed by atoms with Crippen LogP contribution in [-0.4, -0.2) is 41.9 Å². The zero-order chi connectivity index (χ0) is 26.1. The van der Waals surface area contributed by atoms with Crippen LogP contribution in [0.1, 0.15) is 18.4 Å². The molecule has 3 aromatic heterocycles. The third kappa shape index (κ3) is 4.36. The lowest BCUT2D eigenvalue weighted by Gasteiger charge is -2.35. The summed E-state index contributed by atoms with van der Waals surface area (Å²) >= 11 is 0. The molecule has 0 amide bonds. The first-order valence-electron chi connectivity index (χ1n) is 12.6. The Bertz CT molecular complexity index is 1640. The van der Waals surface area contributed by atoms with Gasteiger partial charge in [0.25, 0.3) is 0 Å². The number of benzene rings is 2. The van der Waals surface area contributed by atoms with Crippen LogP contribution in [0.5, 0.6) is 0 Å². The molecule has 0 atom stereocenters. The number of nitrogens with zero attached hydrogens (tertiary/aromatic N) is 8. The molecule has 10 nitrogen and oxygen atoms in total. The van der Waals surface area contributed by atoms with E-state index in [4.69, 9.17) is 15.6 Å². The maximum atomic E-state index is 9.54. The molecule has 0 aliphatic heterocycles. The fourth-order valence-corrected chi connectivity index (χ4v) is 5.12. The molecule has 2 N–H and O–H groups in total. The number of azide groups is 1. The molecule has 38 heavy (non-hydrogen) atoms. The molecule has 0 spiro atoms. The van der Waals surface area contributed by atoms with E-state index in [-0.39, 0.29) is 19.2 Å². The van der Waals surface area contributed by atoms with Crippen LogP contribution in [0.25, 0.3) is 49.9 Å². The van der Waals surface area contributed by atoms with Gasteiger partial charge in [0.1, 0.15) is 5.52 Å². The highest BCUT2D eigenvalue weighted by Crippen LogP contribution is 2.41. The third-order valence-electron chi connectivity index (χ3n) is 7.10. The fraction of sp³-hybridized carbons (Fsp3) is 0.250. The van der Waals surface area contributed by atoms with E-state index in [1.54, 1.807) is 6.20 Å². The minimum Gasteiger partial charge on any atom is -0.396 e. The van der Waals surface area contributed by atoms with Crippen LogP contribution >= 0.6 is 0 Å². The van der Waals surface area contributed by atoms with E-state index in [0.717, 1.165) is 52.0 Å². The predicted octanol–water partition coefficient (Wildman–Crippen LogP) is 5.46. The first-order valence-corrected chi connectivity index (χ1v) is 12.6. The second-order valence-corrected chi connectivity index (χ2v) is 9.67. The van der Waals surface area contributed by atoms with E-state index in [1.807, 2.05) is 64.9 Å². The van der Waals surface area contributed by atoms with Crippen molar-refractivity contribution in [3.8, 4) is 33.9 Å². The molecule has 190 valence electrons. The number of imidazole rings is 1. The summed E-state index contributed by atoms with van der Waals surface area (Å²) in [4.78, 5) is 12.4. The number of nitrogens with one attached hydrogen (secondary N) is 1. The maximum absolute atomic E-state index is 9.54. The number of aryl methyl sites for hydroxylation is 1. The zero-order valence-corrected chi connectivity index (χ0v) is 20.9. The number of hydrogen-bond donors (Lipinski definition) is 2. The highest BCUT2D eigenvalue weighted by atomic mass is 16.3. The summed E-state index contributed by atoms with van der Waals surface area (Å²) in [6, 6.07) is 18.5. The number of aliphatic hydroxyl groups is 1. The highest BCUT2D eigenvalue weighted by Gasteiger charge is 2.30. The van der Waals surface area contributed by atoms with Gasteiger partial charge in [-0.25, -0.2) is 14.5 Å². The average molecular weight is 506 g/mol. The van der Waals surface area contributed by atoms with Crippen molar-refractivity contribution in [1.29, 1.82) is 0 Å². The van der Waals surface area contributed by atoms with Gasteiger partial charge in [0, 0.05) is 54.3 Å². The fourth-order valence-electron chi connectivity index (χ4n) is 5.12. The second-order valence-electron chi connectivity index (χ2n) is 9.67. The summed E-state index contributed by atoms with van der Waals surface area (Å²) in [5.74, 6) is 2.23. The van der Waals surface area contributed by atoms with E-state index in [0.29, 0.717) is 17.6 Å². The van der Waals surface area contributed by atoms with E-state index < -0.39 is 0 Å². The molecule has 1 aliphatic carbocycles. The highest BCUT2D eigenvalue weighted by molar-refractivity contribution is 5.99. The van der Waals surface area contributed by atoms with Gasteiger partial charge in [-0.3, -0.25) is 0 Å². The molecule has 5 aromatic rings. The molecule has 0 saturated heterocycles. The Morgan fingerprint density at radius 1 is 1.13 bits per heavy atom. The van der Waals surface area contributed by atoms with E-state index in [2.05, 4.69) is 38.5 Å². The maximum Gasteiger partial charge on any atom is 0.218 e. The molecule has 10 heteroatoms. The monoisotopic (exact) mass is 505 g/mol. The smallest absolute Gasteiger partial charge is 0.218 e. The van der Waals surface area contributed by atoms with E-state index in [1.165, 1.54) is 0 Å². The summed E-state index contributed by atoms with van der Waals surface area (Å²) in [6.07, 6.45) is 7.42. The molecule has 0 radical (unpaired) electrons. The van der Waals surface area contributed by atoms with E-state index in [9.17, 15) is 5.11 Å². The zero-order valence-electron chi connectivity index (χ0n) is 20.9. The Morgan fingerprint density at radius 3 is 2.68 bits per heavy atom. The van der Waals surface area contributed by atoms with Crippen molar-refractivity contribution >= 4 is 11.3 Å². The first-order chi connectivity index (χ1) is 18.6. The predicted molar refractivity (Wildman–Crippen MR) is 146 cm³/mol. The molecule has 3 heterocycles. The van der Waals surface area contributed by atoms with Gasteiger partial charge in [-0.05, 0) is 41.0 Å². The van der Waals surface area contributed by atoms with Crippen molar-refractivity contribution in [2.24, 2.45) is 18.1 Å². The SMILES string of the molecule is Cn1ccnc1-c1nc(NC2CC(CO)C2)c2c(-c3ccccc3)c(-c3cccc(CN=[N+]=[N-])c3)cn2n1. The van der Waals surface area contributed by atoms with Crippen molar-refractivity contribution < 1.29 is 5.11 Å². The Morgan fingerprint density at radius 2 is 1.95 bits per heavy atom. The topological polar surface area (TPSA) is 129 Å². The third-order valence-corrected chi connectivity index (χ3v) is 7.10. The van der Waals surface area contributed by atoms with Crippen molar-refractivity contribution in [1.82, 2.24) is 24.1 Å². The van der Waals surface area contributed by atoms with Crippen LogP contribution < -0.4 is 5.32 Å². The number of anilines is 1. The van der Waals surface area contributed by atoms with Crippen molar-refractivity contribution in [2.45, 2.75) is 25.4 Å². The number of aromatic nitrogens is 5. The number of rotatable bonds is 8. The quantitative estimate of drug-likeness (QED) is 0.164. The van der Waals surface area contributed by atoms with Crippen molar-refractivity contribution in [2.75, 3.05) is 11.9 Å². The second kappa shape index (κ2) is 10.0. The average Bonchev–Trinajstić information content (AvgIpc) is 3.53. The van der Waals surface area contributed by atoms with Gasteiger partial charge in [0.15, 0.2) is 11.6 Å². The molecule has 0 unspecified atom stereocenters. The lowest BCUT2D eigenvalue weighted by atomic mass is 9.81. The molecular weight excluding hydrogens is 478 g/mol. The van der Waals surface area contributed by atoms with Gasteiger partial charge in [0.05, 0.1) is 6.54 Å². The standard InChI is InChI=1S/C28H27N9O/c1-36-11-10-30-28(36)27-33-26(32-22-13-19(14-22)17-38)25-24(20-7-3-2-4-8-20)23(16-37(25)34-27)21-9-5-6-18(12-21)15-31-35-29/h2-12,16,19,22,38H,13-15,17H2,1H3,(H,32,33,34). The summed E-state index contributed by atoms with van der Waals surface area (Å²) in [5.41, 5.74) is 14.6. The number of fused-ring (bicyclic) bond motifs is 1. The van der Waals surface area contributed by atoms with Crippen LogP contribution in [0.3, 0.4) is 0 Å². The van der Waals surface area contributed by atoms with Gasteiger partial charge in [-0.15, -0.1) is 5.10 Å². The van der Waals surface area contributed by atoms with Crippen molar-refractivity contribution in [3.63, 3.8) is 0 Å². The Labute approximate surface area is 219 Å². The van der Waals surface area contributed by atoms with Crippen LogP contribution in [0.4, 0.5) is 5.82 Å². The van der Waals surface area contributed by atoms with Crippen LogP contribution in [0.15, 0.2) is 78.3 Å². The van der Waals surface area contributed by atoms with Crippen LogP contribution in [0, 0.1) is 5.92 Å².